The maximum atomic E-state index is 9.86. The van der Waals surface area contributed by atoms with Crippen LogP contribution in [0.15, 0.2) is 60.7 Å². The Morgan fingerprint density at radius 1 is 0.941 bits per heavy atom. The average Bonchev–Trinajstić information content (AvgIpc) is 2.38. The minimum atomic E-state index is -0.474. The summed E-state index contributed by atoms with van der Waals surface area (Å²) in [5, 5.41) is 9.86. The largest absolute Gasteiger partial charge is 0.389 e. The first-order valence-corrected chi connectivity index (χ1v) is 5.77. The summed E-state index contributed by atoms with van der Waals surface area (Å²) in [6.45, 7) is 1.79. The summed E-state index contributed by atoms with van der Waals surface area (Å²) in [7, 11) is 0. The molecule has 0 aliphatic carbocycles. The molecular formula is C16H16O. The van der Waals surface area contributed by atoms with Crippen LogP contribution in [0.4, 0.5) is 0 Å². The lowest BCUT2D eigenvalue weighted by Crippen LogP contribution is -2.03. The van der Waals surface area contributed by atoms with Crippen LogP contribution in [0.3, 0.4) is 0 Å². The summed E-state index contributed by atoms with van der Waals surface area (Å²) in [6, 6.07) is 20.0. The third kappa shape index (κ3) is 3.05. The van der Waals surface area contributed by atoms with Gasteiger partial charge in [-0.15, -0.1) is 0 Å². The van der Waals surface area contributed by atoms with Crippen molar-refractivity contribution in [3.8, 4) is 0 Å². The molecule has 86 valence electrons. The molecule has 2 aromatic carbocycles. The lowest BCUT2D eigenvalue weighted by molar-refractivity contribution is 0.254. The van der Waals surface area contributed by atoms with Gasteiger partial charge in [0, 0.05) is 0 Å². The summed E-state index contributed by atoms with van der Waals surface area (Å²) in [4.78, 5) is 0. The van der Waals surface area contributed by atoms with Crippen molar-refractivity contribution in [2.45, 2.75) is 13.0 Å². The first-order valence-electron chi connectivity index (χ1n) is 5.77. The Hall–Kier alpha value is -1.86. The molecule has 0 aliphatic rings. The van der Waals surface area contributed by atoms with Crippen molar-refractivity contribution in [1.82, 2.24) is 0 Å². The van der Waals surface area contributed by atoms with Crippen LogP contribution in [0, 0.1) is 0 Å². The van der Waals surface area contributed by atoms with Crippen molar-refractivity contribution in [3.05, 3.63) is 71.8 Å². The van der Waals surface area contributed by atoms with E-state index in [1.807, 2.05) is 66.7 Å². The lowest BCUT2D eigenvalue weighted by Gasteiger charge is -2.11. The van der Waals surface area contributed by atoms with Gasteiger partial charge in [-0.05, 0) is 29.7 Å². The number of benzene rings is 2. The summed E-state index contributed by atoms with van der Waals surface area (Å²) >= 11 is 0. The van der Waals surface area contributed by atoms with Crippen LogP contribution in [-0.2, 0) is 0 Å². The van der Waals surface area contributed by atoms with Gasteiger partial charge in [-0.25, -0.2) is 0 Å². The second-order valence-corrected chi connectivity index (χ2v) is 4.05. The second kappa shape index (κ2) is 5.46. The minimum Gasteiger partial charge on any atom is -0.389 e. The maximum Gasteiger partial charge on any atom is 0.0767 e. The highest BCUT2D eigenvalue weighted by Gasteiger charge is 2.07. The van der Waals surface area contributed by atoms with Crippen molar-refractivity contribution in [2.75, 3.05) is 0 Å². The average molecular weight is 224 g/mol. The molecule has 2 rings (SSSR count). The molecule has 0 aliphatic heterocycles. The molecule has 0 saturated carbocycles. The van der Waals surface area contributed by atoms with Gasteiger partial charge in [-0.3, -0.25) is 0 Å². The van der Waals surface area contributed by atoms with Gasteiger partial charge in [-0.2, -0.15) is 0 Å². The molecule has 0 bridgehead atoms. The van der Waals surface area contributed by atoms with Gasteiger partial charge < -0.3 is 5.11 Å². The van der Waals surface area contributed by atoms with E-state index in [2.05, 4.69) is 0 Å². The van der Waals surface area contributed by atoms with Crippen LogP contribution in [0.2, 0.25) is 0 Å². The molecule has 0 radical (unpaired) electrons. The normalized spacial score (nSPS) is 13.4. The van der Waals surface area contributed by atoms with Crippen molar-refractivity contribution in [2.24, 2.45) is 0 Å². The fourth-order valence-corrected chi connectivity index (χ4v) is 1.80. The van der Waals surface area contributed by atoms with E-state index in [4.69, 9.17) is 0 Å². The number of aliphatic hydroxyl groups is 1. The first kappa shape index (κ1) is 11.6. The maximum absolute atomic E-state index is 9.86. The van der Waals surface area contributed by atoms with Crippen molar-refractivity contribution in [3.63, 3.8) is 0 Å². The van der Waals surface area contributed by atoms with E-state index in [0.717, 1.165) is 16.7 Å². The quantitative estimate of drug-likeness (QED) is 0.790. The van der Waals surface area contributed by atoms with Crippen LogP contribution < -0.4 is 0 Å². The van der Waals surface area contributed by atoms with E-state index >= 15 is 0 Å². The van der Waals surface area contributed by atoms with Crippen LogP contribution >= 0.6 is 0 Å². The highest BCUT2D eigenvalue weighted by molar-refractivity contribution is 5.83. The smallest absolute Gasteiger partial charge is 0.0767 e. The van der Waals surface area contributed by atoms with Gasteiger partial charge in [0.05, 0.1) is 6.10 Å². The number of hydrogen-bond acceptors (Lipinski definition) is 1. The van der Waals surface area contributed by atoms with E-state index in [9.17, 15) is 5.11 Å². The third-order valence-electron chi connectivity index (χ3n) is 2.68. The predicted octanol–water partition coefficient (Wildman–Crippen LogP) is 3.61. The molecule has 0 unspecified atom stereocenters. The van der Waals surface area contributed by atoms with E-state index in [1.165, 1.54) is 0 Å². The molecule has 1 heteroatoms. The number of hydrogen-bond donors (Lipinski definition) is 1. The standard InChI is InChI=1S/C16H16O/c1-13(17)16(15-10-6-3-7-11-15)12-14-8-4-2-5-9-14/h2-13,17H,1H3/b16-12-/t13-/m0/s1. The zero-order valence-corrected chi connectivity index (χ0v) is 9.88. The minimum absolute atomic E-state index is 0.474. The zero-order valence-electron chi connectivity index (χ0n) is 9.88. The molecule has 1 N–H and O–H groups in total. The highest BCUT2D eigenvalue weighted by Crippen LogP contribution is 2.21. The van der Waals surface area contributed by atoms with Crippen molar-refractivity contribution < 1.29 is 5.11 Å². The molecule has 0 amide bonds. The van der Waals surface area contributed by atoms with Crippen molar-refractivity contribution in [1.29, 1.82) is 0 Å². The van der Waals surface area contributed by atoms with Gasteiger partial charge in [0.25, 0.3) is 0 Å². The number of rotatable bonds is 3. The van der Waals surface area contributed by atoms with E-state index in [1.54, 1.807) is 6.92 Å². The Morgan fingerprint density at radius 3 is 2.00 bits per heavy atom. The Kier molecular flexibility index (Phi) is 3.73. The van der Waals surface area contributed by atoms with Crippen LogP contribution in [0.5, 0.6) is 0 Å². The second-order valence-electron chi connectivity index (χ2n) is 4.05. The van der Waals surface area contributed by atoms with Gasteiger partial charge in [0.2, 0.25) is 0 Å². The van der Waals surface area contributed by atoms with Gasteiger partial charge in [0.15, 0.2) is 0 Å². The fraction of sp³-hybridized carbons (Fsp3) is 0.125. The van der Waals surface area contributed by atoms with Crippen LogP contribution in [-0.4, -0.2) is 11.2 Å². The predicted molar refractivity (Wildman–Crippen MR) is 72.4 cm³/mol. The molecule has 0 aromatic heterocycles. The Bertz CT molecular complexity index is 483. The molecule has 17 heavy (non-hydrogen) atoms. The summed E-state index contributed by atoms with van der Waals surface area (Å²) < 4.78 is 0. The Labute approximate surface area is 102 Å². The number of aliphatic hydroxyl groups excluding tert-OH is 1. The SMILES string of the molecule is C[C@H](O)/C(=C/c1ccccc1)c1ccccc1. The van der Waals surface area contributed by atoms with Gasteiger partial charge >= 0.3 is 0 Å². The fourth-order valence-electron chi connectivity index (χ4n) is 1.80. The Balaban J connectivity index is 2.40. The highest BCUT2D eigenvalue weighted by atomic mass is 16.3. The first-order chi connectivity index (χ1) is 8.27. The van der Waals surface area contributed by atoms with Gasteiger partial charge in [0.1, 0.15) is 0 Å². The molecule has 2 aromatic rings. The summed E-state index contributed by atoms with van der Waals surface area (Å²) in [6.07, 6.45) is 1.55. The molecule has 0 fully saturated rings. The van der Waals surface area contributed by atoms with E-state index < -0.39 is 6.10 Å². The molecule has 0 saturated heterocycles. The van der Waals surface area contributed by atoms with Gasteiger partial charge in [-0.1, -0.05) is 60.7 Å². The molecule has 1 atom stereocenters. The van der Waals surface area contributed by atoms with E-state index in [-0.39, 0.29) is 0 Å². The summed E-state index contributed by atoms with van der Waals surface area (Å²) in [5.41, 5.74) is 3.11. The molecule has 0 spiro atoms. The molecular weight excluding hydrogens is 208 g/mol. The zero-order chi connectivity index (χ0) is 12.1. The summed E-state index contributed by atoms with van der Waals surface area (Å²) in [5.74, 6) is 0. The Morgan fingerprint density at radius 2 is 1.47 bits per heavy atom. The van der Waals surface area contributed by atoms with Crippen LogP contribution in [0.1, 0.15) is 18.1 Å². The molecule has 1 nitrogen and oxygen atoms in total. The third-order valence-corrected chi connectivity index (χ3v) is 2.68. The van der Waals surface area contributed by atoms with Crippen molar-refractivity contribution >= 4 is 11.6 Å². The topological polar surface area (TPSA) is 20.2 Å². The molecule has 0 heterocycles. The van der Waals surface area contributed by atoms with Crippen LogP contribution in [0.25, 0.3) is 11.6 Å². The monoisotopic (exact) mass is 224 g/mol. The van der Waals surface area contributed by atoms with E-state index in [0.29, 0.717) is 0 Å². The lowest BCUT2D eigenvalue weighted by atomic mass is 9.99.